The number of nitrogens with zero attached hydrogens (tertiary/aromatic N) is 1. The van der Waals surface area contributed by atoms with Crippen LogP contribution in [0.5, 0.6) is 0 Å². The number of hydrogen-bond acceptors (Lipinski definition) is 3. The monoisotopic (exact) mass is 160 g/mol. The van der Waals surface area contributed by atoms with E-state index in [-0.39, 0.29) is 5.56 Å². The minimum absolute atomic E-state index is 0.245. The van der Waals surface area contributed by atoms with Crippen LogP contribution in [-0.4, -0.2) is 5.97 Å². The van der Waals surface area contributed by atoms with Gasteiger partial charge >= 0.3 is 5.97 Å². The average Bonchev–Trinajstić information content (AvgIpc) is 2.16. The van der Waals surface area contributed by atoms with Gasteiger partial charge in [-0.2, -0.15) is 5.26 Å². The van der Waals surface area contributed by atoms with Crippen molar-refractivity contribution in [2.45, 2.75) is 0 Å². The number of hydrogen-bond donors (Lipinski definition) is 0. The highest BCUT2D eigenvalue weighted by molar-refractivity contribution is 5.92. The topological polar surface area (TPSA) is 50.1 Å². The van der Waals surface area contributed by atoms with Crippen LogP contribution in [-0.2, 0) is 4.74 Å². The summed E-state index contributed by atoms with van der Waals surface area (Å²) in [6.07, 6.45) is 0. The van der Waals surface area contributed by atoms with Crippen LogP contribution in [0, 0.1) is 18.4 Å². The van der Waals surface area contributed by atoms with Gasteiger partial charge in [-0.15, -0.1) is 0 Å². The second kappa shape index (κ2) is 3.54. The Morgan fingerprint density at radius 2 is 2.17 bits per heavy atom. The number of carbonyl (C=O) groups is 1. The van der Waals surface area contributed by atoms with Crippen LogP contribution in [0.25, 0.3) is 0 Å². The number of carbonyl (C=O) groups excluding carboxylic acids is 1. The van der Waals surface area contributed by atoms with Crippen molar-refractivity contribution in [1.29, 1.82) is 5.26 Å². The predicted octanol–water partition coefficient (Wildman–Crippen LogP) is 1.51. The molecule has 1 aromatic carbocycles. The summed E-state index contributed by atoms with van der Waals surface area (Å²) in [5.74, 6) is -0.591. The standard InChI is InChI=1S/C9H6NO2/c1-12-9(11)8-5-3-2-4-7(8)6-10/h2-5H,1H2. The molecule has 0 N–H and O–H groups in total. The van der Waals surface area contributed by atoms with Crippen LogP contribution in [0.15, 0.2) is 24.3 Å². The zero-order chi connectivity index (χ0) is 8.97. The van der Waals surface area contributed by atoms with Crippen molar-refractivity contribution in [3.05, 3.63) is 42.5 Å². The molecule has 12 heavy (non-hydrogen) atoms. The molecule has 0 aliphatic rings. The van der Waals surface area contributed by atoms with Crippen molar-refractivity contribution in [3.63, 3.8) is 0 Å². The summed E-state index contributed by atoms with van der Waals surface area (Å²) in [6, 6.07) is 8.29. The molecule has 59 valence electrons. The molecule has 1 radical (unpaired) electrons. The summed E-state index contributed by atoms with van der Waals surface area (Å²) in [5, 5.41) is 8.58. The summed E-state index contributed by atoms with van der Waals surface area (Å²) < 4.78 is 4.24. The molecule has 1 aromatic rings. The van der Waals surface area contributed by atoms with Gasteiger partial charge in [0.2, 0.25) is 0 Å². The molecule has 0 aliphatic heterocycles. The van der Waals surface area contributed by atoms with E-state index in [1.54, 1.807) is 18.2 Å². The number of rotatable bonds is 1. The Bertz CT molecular complexity index is 339. The number of ether oxygens (including phenoxy) is 1. The third-order valence-corrected chi connectivity index (χ3v) is 1.40. The molecule has 1 rings (SSSR count). The molecule has 0 saturated heterocycles. The zero-order valence-corrected chi connectivity index (χ0v) is 6.28. The van der Waals surface area contributed by atoms with Crippen LogP contribution in [0.4, 0.5) is 0 Å². The first kappa shape index (κ1) is 8.28. The lowest BCUT2D eigenvalue weighted by atomic mass is 10.1. The summed E-state index contributed by atoms with van der Waals surface area (Å²) in [7, 11) is 2.98. The molecule has 3 heteroatoms. The second-order valence-corrected chi connectivity index (χ2v) is 2.09. The van der Waals surface area contributed by atoms with E-state index in [1.807, 2.05) is 6.07 Å². The van der Waals surface area contributed by atoms with E-state index in [0.29, 0.717) is 5.56 Å². The van der Waals surface area contributed by atoms with E-state index >= 15 is 0 Å². The van der Waals surface area contributed by atoms with E-state index in [1.165, 1.54) is 6.07 Å². The summed E-state index contributed by atoms with van der Waals surface area (Å²) in [4.78, 5) is 11.0. The molecule has 0 saturated carbocycles. The Labute approximate surface area is 70.2 Å². The smallest absolute Gasteiger partial charge is 0.339 e. The Morgan fingerprint density at radius 1 is 1.50 bits per heavy atom. The normalized spacial score (nSPS) is 8.67. The molecule has 0 amide bonds. The lowest BCUT2D eigenvalue weighted by molar-refractivity contribution is 0.0653. The highest BCUT2D eigenvalue weighted by Crippen LogP contribution is 2.08. The number of nitriles is 1. The quantitative estimate of drug-likeness (QED) is 0.585. The van der Waals surface area contributed by atoms with Crippen LogP contribution >= 0.6 is 0 Å². The predicted molar refractivity (Wildman–Crippen MR) is 41.9 cm³/mol. The van der Waals surface area contributed by atoms with Gasteiger partial charge in [0.05, 0.1) is 11.1 Å². The van der Waals surface area contributed by atoms with Gasteiger partial charge in [-0.3, -0.25) is 0 Å². The fourth-order valence-corrected chi connectivity index (χ4v) is 0.836. The van der Waals surface area contributed by atoms with Crippen LogP contribution in [0.3, 0.4) is 0 Å². The Morgan fingerprint density at radius 3 is 2.75 bits per heavy atom. The fourth-order valence-electron chi connectivity index (χ4n) is 0.836. The first-order chi connectivity index (χ1) is 5.79. The number of esters is 1. The van der Waals surface area contributed by atoms with Gasteiger partial charge in [0.1, 0.15) is 13.2 Å². The molecular formula is C9H6NO2. The van der Waals surface area contributed by atoms with E-state index in [4.69, 9.17) is 5.26 Å². The molecule has 0 spiro atoms. The third kappa shape index (κ3) is 1.43. The Kier molecular flexibility index (Phi) is 2.44. The van der Waals surface area contributed by atoms with E-state index in [9.17, 15) is 4.79 Å². The van der Waals surface area contributed by atoms with Gasteiger partial charge in [-0.25, -0.2) is 4.79 Å². The molecule has 0 fully saturated rings. The van der Waals surface area contributed by atoms with Gasteiger partial charge in [-0.05, 0) is 12.1 Å². The molecule has 0 aliphatic carbocycles. The maximum Gasteiger partial charge on any atom is 0.339 e. The van der Waals surface area contributed by atoms with Gasteiger partial charge in [-0.1, -0.05) is 12.1 Å². The largest absolute Gasteiger partial charge is 0.458 e. The maximum atomic E-state index is 11.0. The SMILES string of the molecule is [CH2]OC(=O)c1ccccc1C#N. The fraction of sp³-hybridized carbons (Fsp3) is 0. The van der Waals surface area contributed by atoms with E-state index in [2.05, 4.69) is 11.8 Å². The van der Waals surface area contributed by atoms with Crippen molar-refractivity contribution >= 4 is 5.97 Å². The van der Waals surface area contributed by atoms with Crippen molar-refractivity contribution in [2.24, 2.45) is 0 Å². The summed E-state index contributed by atoms with van der Waals surface area (Å²) >= 11 is 0. The van der Waals surface area contributed by atoms with Crippen LogP contribution < -0.4 is 0 Å². The lowest BCUT2D eigenvalue weighted by Crippen LogP contribution is -2.02. The van der Waals surface area contributed by atoms with Crippen molar-refractivity contribution < 1.29 is 9.53 Å². The van der Waals surface area contributed by atoms with Crippen molar-refractivity contribution in [2.75, 3.05) is 0 Å². The Balaban J connectivity index is 3.16. The second-order valence-electron chi connectivity index (χ2n) is 2.09. The third-order valence-electron chi connectivity index (χ3n) is 1.40. The van der Waals surface area contributed by atoms with Gasteiger partial charge < -0.3 is 4.74 Å². The van der Waals surface area contributed by atoms with E-state index < -0.39 is 5.97 Å². The zero-order valence-electron chi connectivity index (χ0n) is 6.28. The average molecular weight is 160 g/mol. The highest BCUT2D eigenvalue weighted by atomic mass is 16.5. The minimum Gasteiger partial charge on any atom is -0.458 e. The first-order valence-corrected chi connectivity index (χ1v) is 3.25. The maximum absolute atomic E-state index is 11.0. The molecule has 0 unspecified atom stereocenters. The summed E-state index contributed by atoms with van der Waals surface area (Å²) in [5.41, 5.74) is 0.543. The van der Waals surface area contributed by atoms with Gasteiger partial charge in [0.15, 0.2) is 0 Å². The molecule has 0 bridgehead atoms. The van der Waals surface area contributed by atoms with Gasteiger partial charge in [0.25, 0.3) is 0 Å². The molecular weight excluding hydrogens is 154 g/mol. The number of benzene rings is 1. The molecule has 0 heterocycles. The van der Waals surface area contributed by atoms with Crippen LogP contribution in [0.2, 0.25) is 0 Å². The lowest BCUT2D eigenvalue weighted by Gasteiger charge is -1.98. The van der Waals surface area contributed by atoms with Crippen LogP contribution in [0.1, 0.15) is 15.9 Å². The van der Waals surface area contributed by atoms with Gasteiger partial charge in [0, 0.05) is 0 Å². The highest BCUT2D eigenvalue weighted by Gasteiger charge is 2.09. The molecule has 0 atom stereocenters. The van der Waals surface area contributed by atoms with Crippen molar-refractivity contribution in [3.8, 4) is 6.07 Å². The first-order valence-electron chi connectivity index (χ1n) is 3.25. The van der Waals surface area contributed by atoms with E-state index in [0.717, 1.165) is 0 Å². The molecule has 0 aromatic heterocycles. The molecule has 3 nitrogen and oxygen atoms in total. The van der Waals surface area contributed by atoms with Crippen molar-refractivity contribution in [1.82, 2.24) is 0 Å². The summed E-state index contributed by atoms with van der Waals surface area (Å²) in [6.45, 7) is 0. The Hall–Kier alpha value is -1.82. The minimum atomic E-state index is -0.591.